The first-order chi connectivity index (χ1) is 15.5. The maximum Gasteiger partial charge on any atom is 0.411 e. The molecule has 178 valence electrons. The Morgan fingerprint density at radius 1 is 1.42 bits per heavy atom. The maximum atomic E-state index is 12.9. The SMILES string of the molecule is Cc1ccc(/C(N)=N/N(N)CCOCC(F)(F)F)cc1NC(=O)C1=C2C=C(Br)C=CN2NC1. The zero-order valence-electron chi connectivity index (χ0n) is 17.6. The molecule has 0 spiro atoms. The monoisotopic (exact) mass is 529 g/mol. The number of amides is 1. The second-order valence-electron chi connectivity index (χ2n) is 7.21. The van der Waals surface area contributed by atoms with Crippen LogP contribution in [0.4, 0.5) is 18.9 Å². The number of amidine groups is 1. The van der Waals surface area contributed by atoms with Gasteiger partial charge in [0.2, 0.25) is 0 Å². The van der Waals surface area contributed by atoms with Gasteiger partial charge in [-0.15, -0.1) is 5.10 Å². The molecule has 1 aromatic rings. The van der Waals surface area contributed by atoms with Crippen molar-refractivity contribution in [3.63, 3.8) is 0 Å². The summed E-state index contributed by atoms with van der Waals surface area (Å²) in [6.07, 6.45) is 1.11. The molecule has 0 bridgehead atoms. The van der Waals surface area contributed by atoms with Crippen molar-refractivity contribution in [3.05, 3.63) is 63.4 Å². The Balaban J connectivity index is 1.67. The van der Waals surface area contributed by atoms with Crippen molar-refractivity contribution in [2.24, 2.45) is 16.7 Å². The van der Waals surface area contributed by atoms with Crippen molar-refractivity contribution in [2.75, 3.05) is 31.6 Å². The van der Waals surface area contributed by atoms with Crippen LogP contribution in [0.1, 0.15) is 11.1 Å². The highest BCUT2D eigenvalue weighted by Crippen LogP contribution is 2.27. The molecule has 0 atom stereocenters. The third-order valence-electron chi connectivity index (χ3n) is 4.67. The van der Waals surface area contributed by atoms with E-state index in [0.717, 1.165) is 20.9 Å². The van der Waals surface area contributed by atoms with Crippen molar-refractivity contribution >= 4 is 33.4 Å². The number of aryl methyl sites for hydroxylation is 1. The third kappa shape index (κ3) is 6.81. The standard InChI is InChI=1S/C20H23BrF3N7O2/c1-12-2-3-13(18(25)29-31(26)6-7-33-11-20(22,23)24)8-16(12)28-19(32)15-10-27-30-5-4-14(21)9-17(15)30/h2-5,8-9,27H,6-7,10-11,26H2,1H3,(H2,25,29)(H,28,32). The van der Waals surface area contributed by atoms with E-state index in [2.05, 4.69) is 36.5 Å². The fraction of sp³-hybridized carbons (Fsp3) is 0.300. The van der Waals surface area contributed by atoms with Gasteiger partial charge in [-0.25, -0.2) is 16.4 Å². The summed E-state index contributed by atoms with van der Waals surface area (Å²) < 4.78 is 41.7. The first-order valence-corrected chi connectivity index (χ1v) is 10.6. The number of rotatable bonds is 8. The number of ether oxygens (including phenoxy) is 1. The van der Waals surface area contributed by atoms with Gasteiger partial charge >= 0.3 is 6.18 Å². The Morgan fingerprint density at radius 2 is 2.18 bits per heavy atom. The van der Waals surface area contributed by atoms with E-state index in [9.17, 15) is 18.0 Å². The second kappa shape index (κ2) is 10.4. The summed E-state index contributed by atoms with van der Waals surface area (Å²) >= 11 is 3.41. The first-order valence-electron chi connectivity index (χ1n) is 9.78. The van der Waals surface area contributed by atoms with E-state index in [1.165, 1.54) is 0 Å². The molecule has 0 fully saturated rings. The van der Waals surface area contributed by atoms with Crippen molar-refractivity contribution in [3.8, 4) is 0 Å². The van der Waals surface area contributed by atoms with Gasteiger partial charge < -0.3 is 15.8 Å². The molecule has 2 aliphatic rings. The Kier molecular flexibility index (Phi) is 7.79. The molecule has 33 heavy (non-hydrogen) atoms. The first kappa shape index (κ1) is 24.8. The zero-order valence-corrected chi connectivity index (χ0v) is 19.2. The summed E-state index contributed by atoms with van der Waals surface area (Å²) in [6.45, 7) is 0.462. The molecule has 0 radical (unpaired) electrons. The number of halogens is 4. The van der Waals surface area contributed by atoms with Crippen molar-refractivity contribution in [2.45, 2.75) is 13.1 Å². The molecule has 3 rings (SSSR count). The molecule has 0 unspecified atom stereocenters. The number of nitrogens with one attached hydrogen (secondary N) is 2. The van der Waals surface area contributed by atoms with E-state index in [-0.39, 0.29) is 24.9 Å². The van der Waals surface area contributed by atoms with E-state index < -0.39 is 12.8 Å². The molecule has 2 aliphatic heterocycles. The number of carbonyl (C=O) groups excluding carboxylic acids is 1. The van der Waals surface area contributed by atoms with Gasteiger partial charge in [0.15, 0.2) is 5.84 Å². The topological polar surface area (TPSA) is 121 Å². The number of allylic oxidation sites excluding steroid dienone is 3. The van der Waals surface area contributed by atoms with Gasteiger partial charge in [0, 0.05) is 28.5 Å². The van der Waals surface area contributed by atoms with Crippen LogP contribution in [0.15, 0.2) is 57.4 Å². The lowest BCUT2D eigenvalue weighted by Gasteiger charge is -2.18. The molecule has 1 aromatic carbocycles. The Morgan fingerprint density at radius 3 is 2.91 bits per heavy atom. The average Bonchev–Trinajstić information content (AvgIpc) is 3.15. The summed E-state index contributed by atoms with van der Waals surface area (Å²) in [5.74, 6) is 5.43. The van der Waals surface area contributed by atoms with Gasteiger partial charge in [0.25, 0.3) is 5.91 Å². The van der Waals surface area contributed by atoms with Crippen LogP contribution >= 0.6 is 15.9 Å². The molecule has 0 aliphatic carbocycles. The van der Waals surface area contributed by atoms with E-state index in [1.807, 2.05) is 25.3 Å². The molecule has 1 amide bonds. The summed E-state index contributed by atoms with van der Waals surface area (Å²) in [6, 6.07) is 5.11. The Hall–Kier alpha value is -2.87. The van der Waals surface area contributed by atoms with E-state index in [1.54, 1.807) is 23.2 Å². The normalized spacial score (nSPS) is 16.1. The predicted molar refractivity (Wildman–Crippen MR) is 121 cm³/mol. The lowest BCUT2D eigenvalue weighted by atomic mass is 10.1. The number of hydrogen-bond acceptors (Lipinski definition) is 7. The van der Waals surface area contributed by atoms with Crippen LogP contribution in [0.3, 0.4) is 0 Å². The van der Waals surface area contributed by atoms with Crippen LogP contribution < -0.4 is 22.3 Å². The van der Waals surface area contributed by atoms with Crippen molar-refractivity contribution in [1.82, 2.24) is 15.6 Å². The Labute approximate surface area is 196 Å². The van der Waals surface area contributed by atoms with Crippen molar-refractivity contribution < 1.29 is 22.7 Å². The third-order valence-corrected chi connectivity index (χ3v) is 5.17. The lowest BCUT2D eigenvalue weighted by Crippen LogP contribution is -2.33. The summed E-state index contributed by atoms with van der Waals surface area (Å²) in [5.41, 5.74) is 12.2. The van der Waals surface area contributed by atoms with Gasteiger partial charge in [-0.3, -0.25) is 9.80 Å². The number of benzene rings is 1. The highest BCUT2D eigenvalue weighted by molar-refractivity contribution is 9.11. The number of nitrogens with zero attached hydrogens (tertiary/aromatic N) is 3. The van der Waals surface area contributed by atoms with Gasteiger partial charge in [0.05, 0.1) is 24.4 Å². The van der Waals surface area contributed by atoms with E-state index in [0.29, 0.717) is 23.4 Å². The number of carbonyl (C=O) groups is 1. The van der Waals surface area contributed by atoms with E-state index in [4.69, 9.17) is 11.6 Å². The largest absolute Gasteiger partial charge is 0.411 e. The van der Waals surface area contributed by atoms with Crippen LogP contribution in [-0.4, -0.2) is 54.3 Å². The quantitative estimate of drug-likeness (QED) is 0.134. The van der Waals surface area contributed by atoms with Gasteiger partial charge in [-0.05, 0) is 30.7 Å². The molecular weight excluding hydrogens is 507 g/mol. The number of fused-ring (bicyclic) bond motifs is 1. The fourth-order valence-corrected chi connectivity index (χ4v) is 3.34. The van der Waals surface area contributed by atoms with Crippen molar-refractivity contribution in [1.29, 1.82) is 0 Å². The average molecular weight is 530 g/mol. The number of hydrogen-bond donors (Lipinski definition) is 4. The maximum absolute atomic E-state index is 12.9. The molecule has 2 heterocycles. The highest BCUT2D eigenvalue weighted by Gasteiger charge is 2.27. The molecule has 0 saturated heterocycles. The number of alkyl halides is 3. The minimum Gasteiger partial charge on any atom is -0.382 e. The minimum atomic E-state index is -4.41. The molecule has 9 nitrogen and oxygen atoms in total. The Bertz CT molecular complexity index is 1040. The van der Waals surface area contributed by atoms with Crippen LogP contribution in [0, 0.1) is 6.92 Å². The lowest BCUT2D eigenvalue weighted by molar-refractivity contribution is -0.174. The predicted octanol–water partition coefficient (Wildman–Crippen LogP) is 2.19. The molecular formula is C20H23BrF3N7O2. The summed E-state index contributed by atoms with van der Waals surface area (Å²) in [4.78, 5) is 12.9. The molecule has 6 N–H and O–H groups in total. The smallest absolute Gasteiger partial charge is 0.382 e. The zero-order chi connectivity index (χ0) is 24.2. The van der Waals surface area contributed by atoms with Crippen LogP contribution in [0.25, 0.3) is 0 Å². The number of hydrazine groups is 2. The summed E-state index contributed by atoms with van der Waals surface area (Å²) in [5, 5.41) is 9.51. The molecule has 0 saturated carbocycles. The van der Waals surface area contributed by atoms with Crippen LogP contribution in [-0.2, 0) is 9.53 Å². The number of hydrazone groups is 1. The second-order valence-corrected chi connectivity index (χ2v) is 8.13. The van der Waals surface area contributed by atoms with Gasteiger partial charge in [0.1, 0.15) is 6.61 Å². The van der Waals surface area contributed by atoms with Crippen LogP contribution in [0.5, 0.6) is 0 Å². The minimum absolute atomic E-state index is 0.0313. The number of anilines is 1. The molecule has 0 aromatic heterocycles. The van der Waals surface area contributed by atoms with Gasteiger partial charge in [-0.2, -0.15) is 13.2 Å². The number of nitrogens with two attached hydrogens (primary N) is 2. The fourth-order valence-electron chi connectivity index (χ4n) is 3.00. The van der Waals surface area contributed by atoms with E-state index >= 15 is 0 Å². The molecule has 13 heteroatoms. The summed E-state index contributed by atoms with van der Waals surface area (Å²) in [7, 11) is 0. The van der Waals surface area contributed by atoms with Crippen LogP contribution in [0.2, 0.25) is 0 Å². The van der Waals surface area contributed by atoms with Gasteiger partial charge in [-0.1, -0.05) is 28.1 Å². The highest BCUT2D eigenvalue weighted by atomic mass is 79.9.